The minimum Gasteiger partial charge on any atom is -0.291 e. The van der Waals surface area contributed by atoms with E-state index in [1.54, 1.807) is 6.20 Å². The Balaban J connectivity index is 1.26. The van der Waals surface area contributed by atoms with E-state index in [1.165, 1.54) is 87.6 Å². The molecule has 0 atom stereocenters. The lowest BCUT2D eigenvalue weighted by Gasteiger charge is -2.24. The maximum absolute atomic E-state index is 4.80. The van der Waals surface area contributed by atoms with Crippen molar-refractivity contribution in [3.63, 3.8) is 0 Å². The zero-order valence-electron chi connectivity index (χ0n) is 28.9. The second kappa shape index (κ2) is 10.7. The molecule has 11 rings (SSSR count). The number of hydrogen-bond donors (Lipinski definition) is 0. The van der Waals surface area contributed by atoms with Gasteiger partial charge in [0.25, 0.3) is 0 Å². The van der Waals surface area contributed by atoms with Gasteiger partial charge in [0, 0.05) is 29.6 Å². The van der Waals surface area contributed by atoms with Gasteiger partial charge in [-0.25, -0.2) is 9.97 Å². The molecule has 3 heteroatoms. The Kier molecular flexibility index (Phi) is 6.01. The van der Waals surface area contributed by atoms with Crippen LogP contribution in [0.3, 0.4) is 0 Å². The summed E-state index contributed by atoms with van der Waals surface area (Å²) in [4.78, 5) is 9.24. The molecule has 0 fully saturated rings. The Morgan fingerprint density at radius 1 is 0.481 bits per heavy atom. The van der Waals surface area contributed by atoms with Crippen LogP contribution >= 0.6 is 0 Å². The maximum atomic E-state index is 4.80. The van der Waals surface area contributed by atoms with Crippen molar-refractivity contribution < 1.29 is 0 Å². The van der Waals surface area contributed by atoms with Gasteiger partial charge in [-0.1, -0.05) is 135 Å². The molecule has 0 unspecified atom stereocenters. The van der Waals surface area contributed by atoms with Crippen molar-refractivity contribution >= 4 is 48.9 Å². The van der Waals surface area contributed by atoms with Gasteiger partial charge in [0.15, 0.2) is 0 Å². The normalized spacial score (nSPS) is 13.3. The lowest BCUT2D eigenvalue weighted by Crippen LogP contribution is -2.14. The van der Waals surface area contributed by atoms with Gasteiger partial charge < -0.3 is 0 Å². The molecule has 0 saturated heterocycles. The molecular weight excluding hydrogens is 631 g/mol. The van der Waals surface area contributed by atoms with E-state index in [1.807, 2.05) is 22.9 Å². The summed E-state index contributed by atoms with van der Waals surface area (Å²) in [5, 5.41) is 10.1. The summed E-state index contributed by atoms with van der Waals surface area (Å²) >= 11 is 0. The second-order valence-electron chi connectivity index (χ2n) is 14.6. The number of fused-ring (bicyclic) bond motifs is 9. The monoisotopic (exact) mass is 663 g/mol. The molecule has 244 valence electrons. The highest BCUT2D eigenvalue weighted by molar-refractivity contribution is 6.26. The Morgan fingerprint density at radius 2 is 1.13 bits per heavy atom. The average Bonchev–Trinajstić information content (AvgIpc) is 3.72. The van der Waals surface area contributed by atoms with Crippen molar-refractivity contribution in [3.05, 3.63) is 175 Å². The first-order chi connectivity index (χ1) is 25.5. The molecule has 0 saturated carbocycles. The first-order valence-corrected chi connectivity index (χ1v) is 18.0. The Labute approximate surface area is 301 Å². The summed E-state index contributed by atoms with van der Waals surface area (Å²) < 4.78 is 1.97. The lowest BCUT2D eigenvalue weighted by atomic mass is 9.79. The summed E-state index contributed by atoms with van der Waals surface area (Å²) in [6.07, 6.45) is 5.82. The topological polar surface area (TPSA) is 30.2 Å². The van der Waals surface area contributed by atoms with Gasteiger partial charge in [0.2, 0.25) is 5.78 Å². The molecule has 1 aliphatic carbocycles. The van der Waals surface area contributed by atoms with E-state index in [-0.39, 0.29) is 5.41 Å². The molecular formula is C49H33N3. The standard InChI is InChI=1S/C49H33N3/c1-49(2)43-19-10-9-16-36(43)39-27-41-42(28-44(39)49)46(31-22-20-30(21-23-31)45-29-52-25-11-24-50-48(52)51-45)37-17-7-8-18-38(37)47(41)40-26-32-12-3-4-13-33(32)34-14-5-6-15-35(34)40/h3-29H,1-2H3. The third kappa shape index (κ3) is 4.08. The predicted molar refractivity (Wildman–Crippen MR) is 217 cm³/mol. The SMILES string of the molecule is CC1(C)c2ccccc2-c2cc3c(-c4cc5ccccc5c5ccccc45)c4ccccc4c(-c4ccc(-c5cn6cccnc6n5)cc4)c3cc21. The zero-order valence-corrected chi connectivity index (χ0v) is 28.9. The third-order valence-electron chi connectivity index (χ3n) is 11.5. The first kappa shape index (κ1) is 29.2. The molecule has 52 heavy (non-hydrogen) atoms. The molecule has 2 aromatic heterocycles. The third-order valence-corrected chi connectivity index (χ3v) is 11.5. The van der Waals surface area contributed by atoms with Crippen molar-refractivity contribution in [1.29, 1.82) is 0 Å². The molecule has 0 N–H and O–H groups in total. The van der Waals surface area contributed by atoms with E-state index in [9.17, 15) is 0 Å². The Bertz CT molecular complexity index is 3060. The number of benzene rings is 8. The van der Waals surface area contributed by atoms with Crippen LogP contribution < -0.4 is 0 Å². The quantitative estimate of drug-likeness (QED) is 0.139. The number of nitrogens with zero attached hydrogens (tertiary/aromatic N) is 3. The summed E-state index contributed by atoms with van der Waals surface area (Å²) in [5.41, 5.74) is 12.3. The predicted octanol–water partition coefficient (Wildman–Crippen LogP) is 12.6. The van der Waals surface area contributed by atoms with Gasteiger partial charge >= 0.3 is 0 Å². The molecule has 0 spiro atoms. The lowest BCUT2D eigenvalue weighted by molar-refractivity contribution is 0.661. The van der Waals surface area contributed by atoms with Crippen LogP contribution in [0.5, 0.6) is 0 Å². The summed E-state index contributed by atoms with van der Waals surface area (Å²) in [5.74, 6) is 0.702. The zero-order chi connectivity index (χ0) is 34.6. The van der Waals surface area contributed by atoms with Crippen molar-refractivity contribution in [1.82, 2.24) is 14.4 Å². The number of imidazole rings is 1. The largest absolute Gasteiger partial charge is 0.291 e. The molecule has 8 aromatic carbocycles. The van der Waals surface area contributed by atoms with Gasteiger partial charge in [-0.3, -0.25) is 4.40 Å². The highest BCUT2D eigenvalue weighted by Crippen LogP contribution is 2.54. The highest BCUT2D eigenvalue weighted by atomic mass is 15.1. The molecule has 0 amide bonds. The fourth-order valence-electron chi connectivity index (χ4n) is 9.01. The van der Waals surface area contributed by atoms with Gasteiger partial charge in [0.1, 0.15) is 0 Å². The molecule has 3 nitrogen and oxygen atoms in total. The van der Waals surface area contributed by atoms with Gasteiger partial charge in [-0.05, 0) is 112 Å². The van der Waals surface area contributed by atoms with Gasteiger partial charge in [0.05, 0.1) is 5.69 Å². The van der Waals surface area contributed by atoms with E-state index >= 15 is 0 Å². The molecule has 0 bridgehead atoms. The van der Waals surface area contributed by atoms with Crippen LogP contribution in [0, 0.1) is 0 Å². The molecule has 0 radical (unpaired) electrons. The average molecular weight is 664 g/mol. The molecule has 10 aromatic rings. The minimum atomic E-state index is -0.125. The maximum Gasteiger partial charge on any atom is 0.234 e. The Morgan fingerprint density at radius 3 is 1.94 bits per heavy atom. The molecule has 2 heterocycles. The van der Waals surface area contributed by atoms with Crippen LogP contribution in [0.1, 0.15) is 25.0 Å². The van der Waals surface area contributed by atoms with E-state index < -0.39 is 0 Å². The summed E-state index contributed by atoms with van der Waals surface area (Å²) in [6.45, 7) is 4.75. The minimum absolute atomic E-state index is 0.125. The summed E-state index contributed by atoms with van der Waals surface area (Å²) in [6, 6.07) is 54.0. The van der Waals surface area contributed by atoms with Crippen molar-refractivity contribution in [2.24, 2.45) is 0 Å². The Hall–Kier alpha value is -6.58. The van der Waals surface area contributed by atoms with Crippen molar-refractivity contribution in [2.45, 2.75) is 19.3 Å². The summed E-state index contributed by atoms with van der Waals surface area (Å²) in [7, 11) is 0. The molecule has 0 aliphatic heterocycles. The smallest absolute Gasteiger partial charge is 0.234 e. The number of rotatable bonds is 3. The van der Waals surface area contributed by atoms with Crippen LogP contribution in [-0.2, 0) is 5.41 Å². The van der Waals surface area contributed by atoms with E-state index in [2.05, 4.69) is 158 Å². The van der Waals surface area contributed by atoms with Crippen molar-refractivity contribution in [3.8, 4) is 44.6 Å². The first-order valence-electron chi connectivity index (χ1n) is 18.0. The van der Waals surface area contributed by atoms with Crippen LogP contribution in [0.25, 0.3) is 93.5 Å². The van der Waals surface area contributed by atoms with E-state index in [0.717, 1.165) is 11.3 Å². The number of aromatic nitrogens is 3. The second-order valence-corrected chi connectivity index (χ2v) is 14.6. The fourth-order valence-corrected chi connectivity index (χ4v) is 9.01. The van der Waals surface area contributed by atoms with Crippen LogP contribution in [0.2, 0.25) is 0 Å². The van der Waals surface area contributed by atoms with Crippen LogP contribution in [0.4, 0.5) is 0 Å². The van der Waals surface area contributed by atoms with Gasteiger partial charge in [-0.2, -0.15) is 0 Å². The highest BCUT2D eigenvalue weighted by Gasteiger charge is 2.36. The van der Waals surface area contributed by atoms with Crippen LogP contribution in [0.15, 0.2) is 164 Å². The van der Waals surface area contributed by atoms with E-state index in [0.29, 0.717) is 5.78 Å². The van der Waals surface area contributed by atoms with Gasteiger partial charge in [-0.15, -0.1) is 0 Å². The molecule has 1 aliphatic rings. The van der Waals surface area contributed by atoms with Crippen LogP contribution in [-0.4, -0.2) is 14.4 Å². The van der Waals surface area contributed by atoms with E-state index in [4.69, 9.17) is 4.98 Å². The van der Waals surface area contributed by atoms with Crippen molar-refractivity contribution in [2.75, 3.05) is 0 Å². The fraction of sp³-hybridized carbons (Fsp3) is 0.0612. The number of hydrogen-bond acceptors (Lipinski definition) is 2.